The summed E-state index contributed by atoms with van der Waals surface area (Å²) in [4.78, 5) is 4.37. The van der Waals surface area contributed by atoms with Crippen molar-refractivity contribution in [2.75, 3.05) is 0 Å². The van der Waals surface area contributed by atoms with Crippen LogP contribution in [0.3, 0.4) is 0 Å². The maximum atomic E-state index is 7.65. The summed E-state index contributed by atoms with van der Waals surface area (Å²) >= 11 is 0. The molecule has 3 aromatic rings. The smallest absolute Gasteiger partial charge is 0.146 e. The van der Waals surface area contributed by atoms with E-state index in [-0.39, 0.29) is 5.84 Å². The third-order valence-electron chi connectivity index (χ3n) is 3.29. The van der Waals surface area contributed by atoms with E-state index in [4.69, 9.17) is 15.9 Å². The van der Waals surface area contributed by atoms with Crippen LogP contribution in [0.15, 0.2) is 54.7 Å². The summed E-state index contributed by atoms with van der Waals surface area (Å²) in [7, 11) is 0. The number of nitrogens with two attached hydrogens (primary N) is 1. The third-order valence-corrected chi connectivity index (χ3v) is 3.29. The molecule has 1 aromatic heterocycles. The lowest BCUT2D eigenvalue weighted by molar-refractivity contribution is 0.476. The zero-order chi connectivity index (χ0) is 14.8. The summed E-state index contributed by atoms with van der Waals surface area (Å²) in [5.74, 6) is 1.22. The van der Waals surface area contributed by atoms with Crippen LogP contribution in [0.4, 0.5) is 0 Å². The van der Waals surface area contributed by atoms with Crippen LogP contribution in [0.5, 0.6) is 11.5 Å². The number of fused-ring (bicyclic) bond motifs is 1. The Kier molecular flexibility index (Phi) is 3.28. The van der Waals surface area contributed by atoms with E-state index in [1.54, 1.807) is 12.3 Å². The minimum Gasteiger partial charge on any atom is -0.455 e. The fourth-order valence-electron chi connectivity index (χ4n) is 2.22. The molecular weight excluding hydrogens is 262 g/mol. The molecule has 0 fully saturated rings. The Bertz CT molecular complexity index is 827. The molecule has 0 bridgehead atoms. The summed E-state index contributed by atoms with van der Waals surface area (Å²) in [5, 5.41) is 8.66. The van der Waals surface area contributed by atoms with Gasteiger partial charge in [-0.25, -0.2) is 0 Å². The second-order valence-corrected chi connectivity index (χ2v) is 4.83. The molecule has 21 heavy (non-hydrogen) atoms. The van der Waals surface area contributed by atoms with Crippen molar-refractivity contribution in [3.05, 3.63) is 65.9 Å². The van der Waals surface area contributed by atoms with Crippen LogP contribution in [-0.2, 0) is 0 Å². The standard InChI is InChI=1S/C17H15N3O/c1-11-5-4-7-14(17(18)19)16(11)21-13-9-12-6-2-3-8-15(12)20-10-13/h2-10H,1H3,(H3,18,19). The van der Waals surface area contributed by atoms with Crippen LogP contribution < -0.4 is 10.5 Å². The molecule has 0 amide bonds. The predicted molar refractivity (Wildman–Crippen MR) is 84.0 cm³/mol. The molecule has 0 spiro atoms. The van der Waals surface area contributed by atoms with Gasteiger partial charge < -0.3 is 10.5 Å². The van der Waals surface area contributed by atoms with Gasteiger partial charge in [0.05, 0.1) is 17.3 Å². The fourth-order valence-corrected chi connectivity index (χ4v) is 2.22. The van der Waals surface area contributed by atoms with Crippen molar-refractivity contribution < 1.29 is 4.74 Å². The van der Waals surface area contributed by atoms with Crippen molar-refractivity contribution in [2.24, 2.45) is 5.73 Å². The molecule has 0 atom stereocenters. The van der Waals surface area contributed by atoms with Crippen molar-refractivity contribution in [3.63, 3.8) is 0 Å². The molecule has 104 valence electrons. The van der Waals surface area contributed by atoms with Crippen LogP contribution in [0.25, 0.3) is 10.9 Å². The number of hydrogen-bond donors (Lipinski definition) is 2. The van der Waals surface area contributed by atoms with E-state index < -0.39 is 0 Å². The van der Waals surface area contributed by atoms with Gasteiger partial charge in [-0.3, -0.25) is 10.4 Å². The number of benzene rings is 2. The summed E-state index contributed by atoms with van der Waals surface area (Å²) < 4.78 is 5.93. The van der Waals surface area contributed by atoms with Gasteiger partial charge in [0.25, 0.3) is 0 Å². The molecule has 0 saturated carbocycles. The second-order valence-electron chi connectivity index (χ2n) is 4.83. The lowest BCUT2D eigenvalue weighted by atomic mass is 10.1. The number of rotatable bonds is 3. The number of pyridine rings is 1. The number of aryl methyl sites for hydroxylation is 1. The number of nitrogens with zero attached hydrogens (tertiary/aromatic N) is 1. The van der Waals surface area contributed by atoms with E-state index in [2.05, 4.69) is 4.98 Å². The fraction of sp³-hybridized carbons (Fsp3) is 0.0588. The Morgan fingerprint density at radius 3 is 2.76 bits per heavy atom. The van der Waals surface area contributed by atoms with E-state index in [0.717, 1.165) is 16.5 Å². The Hall–Kier alpha value is -2.88. The minimum atomic E-state index is -0.0116. The number of ether oxygens (including phenoxy) is 1. The molecule has 3 rings (SSSR count). The summed E-state index contributed by atoms with van der Waals surface area (Å²) in [6, 6.07) is 15.3. The highest BCUT2D eigenvalue weighted by atomic mass is 16.5. The van der Waals surface area contributed by atoms with Crippen molar-refractivity contribution in [1.82, 2.24) is 4.98 Å². The van der Waals surface area contributed by atoms with E-state index in [9.17, 15) is 0 Å². The molecule has 0 aliphatic heterocycles. The Morgan fingerprint density at radius 2 is 1.95 bits per heavy atom. The maximum absolute atomic E-state index is 7.65. The topological polar surface area (TPSA) is 72.0 Å². The van der Waals surface area contributed by atoms with Gasteiger partial charge in [0, 0.05) is 5.39 Å². The summed E-state index contributed by atoms with van der Waals surface area (Å²) in [5.41, 5.74) is 8.05. The van der Waals surface area contributed by atoms with Crippen LogP contribution in [-0.4, -0.2) is 10.8 Å². The molecule has 0 aliphatic rings. The number of nitrogen functional groups attached to an aromatic ring is 1. The molecule has 0 unspecified atom stereocenters. The lowest BCUT2D eigenvalue weighted by Gasteiger charge is -2.13. The molecule has 3 N–H and O–H groups in total. The van der Waals surface area contributed by atoms with Crippen LogP contribution >= 0.6 is 0 Å². The van der Waals surface area contributed by atoms with E-state index in [1.807, 2.05) is 49.4 Å². The van der Waals surface area contributed by atoms with Gasteiger partial charge >= 0.3 is 0 Å². The van der Waals surface area contributed by atoms with Crippen LogP contribution in [0.2, 0.25) is 0 Å². The van der Waals surface area contributed by atoms with Gasteiger partial charge in [-0.1, -0.05) is 30.3 Å². The molecule has 0 aliphatic carbocycles. The second kappa shape index (κ2) is 5.25. The first kappa shape index (κ1) is 13.1. The highest BCUT2D eigenvalue weighted by molar-refractivity contribution is 5.98. The zero-order valence-corrected chi connectivity index (χ0v) is 11.6. The number of aromatic nitrogens is 1. The number of hydrogen-bond acceptors (Lipinski definition) is 3. The predicted octanol–water partition coefficient (Wildman–Crippen LogP) is 3.62. The van der Waals surface area contributed by atoms with E-state index in [0.29, 0.717) is 17.1 Å². The van der Waals surface area contributed by atoms with Crippen molar-refractivity contribution in [1.29, 1.82) is 5.41 Å². The van der Waals surface area contributed by atoms with Crippen LogP contribution in [0, 0.1) is 12.3 Å². The average Bonchev–Trinajstić information content (AvgIpc) is 2.49. The molecule has 0 radical (unpaired) electrons. The van der Waals surface area contributed by atoms with E-state index >= 15 is 0 Å². The molecular formula is C17H15N3O. The Morgan fingerprint density at radius 1 is 1.14 bits per heavy atom. The highest BCUT2D eigenvalue weighted by Crippen LogP contribution is 2.29. The van der Waals surface area contributed by atoms with Gasteiger partial charge in [-0.15, -0.1) is 0 Å². The Balaban J connectivity index is 2.04. The molecule has 1 heterocycles. The zero-order valence-electron chi connectivity index (χ0n) is 11.6. The number of amidine groups is 1. The number of nitrogens with one attached hydrogen (secondary N) is 1. The third kappa shape index (κ3) is 2.56. The maximum Gasteiger partial charge on any atom is 0.146 e. The first-order valence-corrected chi connectivity index (χ1v) is 6.62. The van der Waals surface area contributed by atoms with Crippen molar-refractivity contribution in [3.8, 4) is 11.5 Å². The normalized spacial score (nSPS) is 10.5. The molecule has 0 saturated heterocycles. The quantitative estimate of drug-likeness (QED) is 0.567. The highest BCUT2D eigenvalue weighted by Gasteiger charge is 2.11. The van der Waals surface area contributed by atoms with E-state index in [1.165, 1.54) is 0 Å². The van der Waals surface area contributed by atoms with Crippen LogP contribution in [0.1, 0.15) is 11.1 Å². The Labute approximate surface area is 122 Å². The largest absolute Gasteiger partial charge is 0.455 e. The molecule has 4 heteroatoms. The molecule has 2 aromatic carbocycles. The first-order valence-electron chi connectivity index (χ1n) is 6.62. The van der Waals surface area contributed by atoms with Gasteiger partial charge in [0.2, 0.25) is 0 Å². The van der Waals surface area contributed by atoms with Gasteiger partial charge in [0.1, 0.15) is 17.3 Å². The summed E-state index contributed by atoms with van der Waals surface area (Å²) in [6.07, 6.45) is 1.68. The van der Waals surface area contributed by atoms with Crippen molar-refractivity contribution in [2.45, 2.75) is 6.92 Å². The summed E-state index contributed by atoms with van der Waals surface area (Å²) in [6.45, 7) is 1.93. The first-order chi connectivity index (χ1) is 10.1. The SMILES string of the molecule is Cc1cccc(C(=N)N)c1Oc1cnc2ccccc2c1. The minimum absolute atomic E-state index is 0.0116. The van der Waals surface area contributed by atoms with Gasteiger partial charge in [0.15, 0.2) is 0 Å². The lowest BCUT2D eigenvalue weighted by Crippen LogP contribution is -2.12. The molecule has 4 nitrogen and oxygen atoms in total. The van der Waals surface area contributed by atoms with Crippen molar-refractivity contribution >= 4 is 16.7 Å². The van der Waals surface area contributed by atoms with Gasteiger partial charge in [-0.2, -0.15) is 0 Å². The number of para-hydroxylation sites is 2. The average molecular weight is 277 g/mol. The monoisotopic (exact) mass is 277 g/mol. The van der Waals surface area contributed by atoms with Gasteiger partial charge in [-0.05, 0) is 30.7 Å².